The summed E-state index contributed by atoms with van der Waals surface area (Å²) in [7, 11) is 0. The number of likely N-dealkylation sites (tertiary alicyclic amines) is 1. The van der Waals surface area contributed by atoms with Gasteiger partial charge in [-0.3, -0.25) is 9.59 Å². The van der Waals surface area contributed by atoms with Gasteiger partial charge in [-0.1, -0.05) is 42.5 Å². The summed E-state index contributed by atoms with van der Waals surface area (Å²) in [5, 5.41) is 3.09. The maximum atomic E-state index is 13.0. The Kier molecular flexibility index (Phi) is 7.28. The Labute approximate surface area is 173 Å². The number of hydrogen-bond donors (Lipinski definition) is 1. The van der Waals surface area contributed by atoms with Crippen LogP contribution in [0.2, 0.25) is 0 Å². The lowest BCUT2D eigenvalue weighted by molar-refractivity contribution is -0.143. The monoisotopic (exact) mass is 394 g/mol. The molecule has 1 saturated heterocycles. The zero-order chi connectivity index (χ0) is 20.6. The van der Waals surface area contributed by atoms with Crippen LogP contribution < -0.4 is 10.1 Å². The van der Waals surface area contributed by atoms with Crippen LogP contribution in [0, 0.1) is 5.92 Å². The molecule has 1 aliphatic rings. The molecule has 2 amide bonds. The molecule has 2 aromatic carbocycles. The number of benzene rings is 2. The highest BCUT2D eigenvalue weighted by molar-refractivity contribution is 5.85. The molecule has 5 nitrogen and oxygen atoms in total. The van der Waals surface area contributed by atoms with E-state index in [0.29, 0.717) is 32.5 Å². The molecular weight excluding hydrogens is 364 g/mol. The summed E-state index contributed by atoms with van der Waals surface area (Å²) in [5.41, 5.74) is 2.18. The number of piperidine rings is 1. The predicted octanol–water partition coefficient (Wildman–Crippen LogP) is 3.74. The quantitative estimate of drug-likeness (QED) is 0.742. The molecule has 0 unspecified atom stereocenters. The second-order valence-electron chi connectivity index (χ2n) is 7.30. The summed E-state index contributed by atoms with van der Waals surface area (Å²) in [6.45, 7) is 5.70. The van der Waals surface area contributed by atoms with Crippen molar-refractivity contribution < 1.29 is 14.3 Å². The molecule has 0 aliphatic carbocycles. The number of carbonyl (C=O) groups excluding carboxylic acids is 2. The highest BCUT2D eigenvalue weighted by Gasteiger charge is 2.39. The van der Waals surface area contributed by atoms with Crippen molar-refractivity contribution in [3.8, 4) is 5.75 Å². The lowest BCUT2D eigenvalue weighted by Crippen LogP contribution is -2.48. The van der Waals surface area contributed by atoms with Crippen LogP contribution in [-0.4, -0.2) is 36.4 Å². The first-order valence-corrected chi connectivity index (χ1v) is 10.5. The summed E-state index contributed by atoms with van der Waals surface area (Å²) >= 11 is 0. The van der Waals surface area contributed by atoms with Crippen molar-refractivity contribution in [1.29, 1.82) is 0 Å². The molecule has 3 rings (SSSR count). The number of nitrogens with one attached hydrogen (secondary N) is 1. The second kappa shape index (κ2) is 10.1. The lowest BCUT2D eigenvalue weighted by atomic mass is 9.83. The normalized spacial score (nSPS) is 19.1. The fraction of sp³-hybridized carbons (Fsp3) is 0.417. The third-order valence-corrected chi connectivity index (χ3v) is 5.47. The summed E-state index contributed by atoms with van der Waals surface area (Å²) in [6, 6.07) is 17.7. The lowest BCUT2D eigenvalue weighted by Gasteiger charge is -2.40. The van der Waals surface area contributed by atoms with Crippen molar-refractivity contribution in [3.63, 3.8) is 0 Å². The first kappa shape index (κ1) is 20.9. The van der Waals surface area contributed by atoms with Crippen LogP contribution >= 0.6 is 0 Å². The van der Waals surface area contributed by atoms with E-state index in [1.807, 2.05) is 61.2 Å². The van der Waals surface area contributed by atoms with Gasteiger partial charge in [0.25, 0.3) is 0 Å². The van der Waals surface area contributed by atoms with E-state index in [1.54, 1.807) is 0 Å². The number of hydrogen-bond acceptors (Lipinski definition) is 3. The van der Waals surface area contributed by atoms with Gasteiger partial charge in [-0.15, -0.1) is 0 Å². The third-order valence-electron chi connectivity index (χ3n) is 5.47. The van der Waals surface area contributed by atoms with Crippen LogP contribution in [0.4, 0.5) is 0 Å². The van der Waals surface area contributed by atoms with Gasteiger partial charge in [-0.25, -0.2) is 0 Å². The van der Waals surface area contributed by atoms with Crippen LogP contribution in [0.1, 0.15) is 43.9 Å². The van der Waals surface area contributed by atoms with Crippen molar-refractivity contribution >= 4 is 11.8 Å². The molecule has 0 spiro atoms. The van der Waals surface area contributed by atoms with Crippen molar-refractivity contribution in [2.45, 2.75) is 39.2 Å². The molecule has 0 aromatic heterocycles. The van der Waals surface area contributed by atoms with Crippen LogP contribution in [0.25, 0.3) is 0 Å². The van der Waals surface area contributed by atoms with Crippen LogP contribution in [-0.2, 0) is 16.0 Å². The number of amides is 2. The Morgan fingerprint density at radius 2 is 1.83 bits per heavy atom. The Bertz CT molecular complexity index is 805. The maximum absolute atomic E-state index is 13.0. The molecule has 2 atom stereocenters. The highest BCUT2D eigenvalue weighted by Crippen LogP contribution is 2.37. The topological polar surface area (TPSA) is 58.6 Å². The third kappa shape index (κ3) is 5.17. The first-order chi connectivity index (χ1) is 14.1. The van der Waals surface area contributed by atoms with E-state index in [0.717, 1.165) is 17.7 Å². The number of nitrogens with zero attached hydrogens (tertiary/aromatic N) is 1. The minimum atomic E-state index is -0.249. The van der Waals surface area contributed by atoms with Gasteiger partial charge in [-0.05, 0) is 49.9 Å². The number of carbonyl (C=O) groups is 2. The van der Waals surface area contributed by atoms with E-state index >= 15 is 0 Å². The number of rotatable bonds is 8. The Morgan fingerprint density at radius 3 is 2.48 bits per heavy atom. The molecule has 1 fully saturated rings. The van der Waals surface area contributed by atoms with Crippen molar-refractivity contribution in [3.05, 3.63) is 65.7 Å². The molecule has 154 valence electrons. The van der Waals surface area contributed by atoms with Crippen LogP contribution in [0.5, 0.6) is 5.75 Å². The van der Waals surface area contributed by atoms with E-state index in [4.69, 9.17) is 4.74 Å². The average molecular weight is 395 g/mol. The molecule has 0 bridgehead atoms. The van der Waals surface area contributed by atoms with E-state index in [9.17, 15) is 9.59 Å². The van der Waals surface area contributed by atoms with E-state index in [1.165, 1.54) is 5.56 Å². The minimum absolute atomic E-state index is 0.0192. The predicted molar refractivity (Wildman–Crippen MR) is 114 cm³/mol. The summed E-state index contributed by atoms with van der Waals surface area (Å²) in [5.74, 6) is 0.678. The Morgan fingerprint density at radius 1 is 1.10 bits per heavy atom. The van der Waals surface area contributed by atoms with Gasteiger partial charge in [0.2, 0.25) is 11.8 Å². The minimum Gasteiger partial charge on any atom is -0.494 e. The zero-order valence-electron chi connectivity index (χ0n) is 17.3. The largest absolute Gasteiger partial charge is 0.494 e. The zero-order valence-corrected chi connectivity index (χ0v) is 17.3. The Hall–Kier alpha value is -2.82. The standard InChI is InChI=1S/C24H30N2O3/c1-3-26-22(27)15-14-21(23(26)19-10-12-20(13-11-19)29-4-2)24(28)25-17-16-18-8-6-5-7-9-18/h5-13,21,23H,3-4,14-17H2,1-2H3,(H,25,28)/t21-,23+/m1/s1. The van der Waals surface area contributed by atoms with E-state index in [2.05, 4.69) is 17.4 Å². The smallest absolute Gasteiger partial charge is 0.225 e. The molecule has 29 heavy (non-hydrogen) atoms. The van der Waals surface area contributed by atoms with Crippen molar-refractivity contribution in [2.24, 2.45) is 5.92 Å². The van der Waals surface area contributed by atoms with Gasteiger partial charge < -0.3 is 15.0 Å². The molecule has 0 saturated carbocycles. The van der Waals surface area contributed by atoms with E-state index < -0.39 is 0 Å². The second-order valence-corrected chi connectivity index (χ2v) is 7.30. The van der Waals surface area contributed by atoms with Gasteiger partial charge in [0.05, 0.1) is 18.6 Å². The van der Waals surface area contributed by atoms with Crippen LogP contribution in [0.3, 0.4) is 0 Å². The highest BCUT2D eigenvalue weighted by atomic mass is 16.5. The first-order valence-electron chi connectivity index (χ1n) is 10.5. The van der Waals surface area contributed by atoms with Crippen LogP contribution in [0.15, 0.2) is 54.6 Å². The van der Waals surface area contributed by atoms with Gasteiger partial charge in [0, 0.05) is 19.5 Å². The maximum Gasteiger partial charge on any atom is 0.225 e. The molecular formula is C24H30N2O3. The fourth-order valence-corrected chi connectivity index (χ4v) is 4.05. The fourth-order valence-electron chi connectivity index (χ4n) is 4.05. The molecule has 5 heteroatoms. The summed E-state index contributed by atoms with van der Waals surface area (Å²) in [4.78, 5) is 27.4. The van der Waals surface area contributed by atoms with Gasteiger partial charge in [0.15, 0.2) is 0 Å². The van der Waals surface area contributed by atoms with Gasteiger partial charge in [0.1, 0.15) is 5.75 Å². The summed E-state index contributed by atoms with van der Waals surface area (Å²) < 4.78 is 5.53. The van der Waals surface area contributed by atoms with E-state index in [-0.39, 0.29) is 23.8 Å². The van der Waals surface area contributed by atoms with Crippen molar-refractivity contribution in [1.82, 2.24) is 10.2 Å². The summed E-state index contributed by atoms with van der Waals surface area (Å²) in [6.07, 6.45) is 1.78. The molecule has 1 aliphatic heterocycles. The average Bonchev–Trinajstić information content (AvgIpc) is 2.75. The molecule has 0 radical (unpaired) electrons. The number of ether oxygens (including phenoxy) is 1. The SMILES string of the molecule is CCOc1ccc([C@H]2[C@H](C(=O)NCCc3ccccc3)CCC(=O)N2CC)cc1. The molecule has 1 N–H and O–H groups in total. The Balaban J connectivity index is 1.73. The van der Waals surface area contributed by atoms with Gasteiger partial charge >= 0.3 is 0 Å². The van der Waals surface area contributed by atoms with Crippen molar-refractivity contribution in [2.75, 3.05) is 19.7 Å². The van der Waals surface area contributed by atoms with Gasteiger partial charge in [-0.2, -0.15) is 0 Å². The molecule has 2 aromatic rings. The molecule has 1 heterocycles.